The Morgan fingerprint density at radius 1 is 0.913 bits per heavy atom. The summed E-state index contributed by atoms with van der Waals surface area (Å²) in [4.78, 5) is 0. The van der Waals surface area contributed by atoms with Crippen LogP contribution in [0.5, 0.6) is 0 Å². The van der Waals surface area contributed by atoms with Crippen LogP contribution in [0, 0.1) is 23.6 Å². The van der Waals surface area contributed by atoms with E-state index in [0.29, 0.717) is 5.92 Å². The van der Waals surface area contributed by atoms with Crippen molar-refractivity contribution in [2.45, 2.75) is 83.5 Å². The average Bonchev–Trinajstić information content (AvgIpc) is 2.61. The molecule has 2 fully saturated rings. The van der Waals surface area contributed by atoms with E-state index >= 15 is 0 Å². The first-order valence-corrected chi connectivity index (χ1v) is 10.0. The van der Waals surface area contributed by atoms with Gasteiger partial charge in [-0.3, -0.25) is 0 Å². The third-order valence-electron chi connectivity index (χ3n) is 6.62. The second kappa shape index (κ2) is 8.31. The molecular weight excluding hydrogens is 283 g/mol. The van der Waals surface area contributed by atoms with Crippen molar-refractivity contribution in [3.8, 4) is 0 Å². The summed E-state index contributed by atoms with van der Waals surface area (Å²) in [5, 5.41) is 0. The van der Waals surface area contributed by atoms with Gasteiger partial charge in [-0.2, -0.15) is 0 Å². The number of unbranched alkanes of at least 4 members (excludes halogenated alkanes) is 1. The molecule has 0 saturated heterocycles. The van der Waals surface area contributed by atoms with Crippen molar-refractivity contribution in [3.05, 3.63) is 35.6 Å². The number of hydrogen-bond acceptors (Lipinski definition) is 0. The van der Waals surface area contributed by atoms with Gasteiger partial charge in [0.05, 0.1) is 0 Å². The lowest BCUT2D eigenvalue weighted by Gasteiger charge is -2.38. The molecule has 2 saturated carbocycles. The summed E-state index contributed by atoms with van der Waals surface area (Å²) in [5.41, 5.74) is 1.23. The van der Waals surface area contributed by atoms with E-state index in [2.05, 4.69) is 13.0 Å². The van der Waals surface area contributed by atoms with Crippen LogP contribution in [-0.2, 0) is 0 Å². The van der Waals surface area contributed by atoms with E-state index in [9.17, 15) is 4.39 Å². The van der Waals surface area contributed by atoms with Gasteiger partial charge >= 0.3 is 0 Å². The molecule has 1 heteroatoms. The van der Waals surface area contributed by atoms with Crippen molar-refractivity contribution in [2.75, 3.05) is 0 Å². The summed E-state index contributed by atoms with van der Waals surface area (Å²) in [5.74, 6) is 3.49. The first-order valence-electron chi connectivity index (χ1n) is 10.0. The molecule has 1 aromatic rings. The number of benzene rings is 1. The molecule has 0 aromatic heterocycles. The lowest BCUT2D eigenvalue weighted by Crippen LogP contribution is -2.25. The first kappa shape index (κ1) is 17.0. The van der Waals surface area contributed by atoms with E-state index in [1.165, 1.54) is 76.2 Å². The molecule has 0 nitrogen and oxygen atoms in total. The molecule has 1 aromatic carbocycles. The van der Waals surface area contributed by atoms with Gasteiger partial charge in [-0.1, -0.05) is 51.2 Å². The van der Waals surface area contributed by atoms with Gasteiger partial charge in [-0.25, -0.2) is 4.39 Å². The maximum absolute atomic E-state index is 13.4. The lowest BCUT2D eigenvalue weighted by atomic mass is 9.68. The maximum atomic E-state index is 13.4. The molecule has 2 aliphatic rings. The predicted molar refractivity (Wildman–Crippen MR) is 96.1 cm³/mol. The van der Waals surface area contributed by atoms with Gasteiger partial charge in [0.2, 0.25) is 0 Å². The standard InChI is InChI=1S/C22H33F/c1-2-3-5-17-8-10-18(11-9-17)19-12-14-20(15-13-19)21-6-4-7-22(23)16-21/h4,6-7,16-20H,2-3,5,8-15H2,1H3. The third kappa shape index (κ3) is 4.58. The SMILES string of the molecule is CCCCC1CCC(C2CCC(c3cccc(F)c3)CC2)CC1. The summed E-state index contributed by atoms with van der Waals surface area (Å²) in [7, 11) is 0. The Morgan fingerprint density at radius 3 is 2.17 bits per heavy atom. The molecule has 2 aliphatic carbocycles. The van der Waals surface area contributed by atoms with E-state index in [1.807, 2.05) is 6.07 Å². The minimum Gasteiger partial charge on any atom is -0.207 e. The van der Waals surface area contributed by atoms with Gasteiger partial charge in [-0.15, -0.1) is 0 Å². The fourth-order valence-corrected chi connectivity index (χ4v) is 5.13. The van der Waals surface area contributed by atoms with Gasteiger partial charge in [0.25, 0.3) is 0 Å². The van der Waals surface area contributed by atoms with E-state index < -0.39 is 0 Å². The minimum atomic E-state index is -0.0741. The van der Waals surface area contributed by atoms with Crippen molar-refractivity contribution in [2.24, 2.45) is 17.8 Å². The topological polar surface area (TPSA) is 0 Å². The van der Waals surface area contributed by atoms with Crippen LogP contribution in [-0.4, -0.2) is 0 Å². The Kier molecular flexibility index (Phi) is 6.14. The predicted octanol–water partition coefficient (Wildman–Crippen LogP) is 7.10. The minimum absolute atomic E-state index is 0.0741. The van der Waals surface area contributed by atoms with Gasteiger partial charge < -0.3 is 0 Å². The molecule has 0 bridgehead atoms. The molecule has 23 heavy (non-hydrogen) atoms. The number of hydrogen-bond donors (Lipinski definition) is 0. The molecule has 0 unspecified atom stereocenters. The number of halogens is 1. The molecule has 0 spiro atoms. The molecule has 0 radical (unpaired) electrons. The summed E-state index contributed by atoms with van der Waals surface area (Å²) in [6.07, 6.45) is 15.4. The Bertz CT molecular complexity index is 465. The van der Waals surface area contributed by atoms with Crippen LogP contribution in [0.1, 0.15) is 89.0 Å². The number of rotatable bonds is 5. The molecular formula is C22H33F. The molecule has 0 aliphatic heterocycles. The third-order valence-corrected chi connectivity index (χ3v) is 6.62. The summed E-state index contributed by atoms with van der Waals surface area (Å²) < 4.78 is 13.4. The van der Waals surface area contributed by atoms with E-state index in [0.717, 1.165) is 17.8 Å². The van der Waals surface area contributed by atoms with Crippen LogP contribution in [0.25, 0.3) is 0 Å². The lowest BCUT2D eigenvalue weighted by molar-refractivity contribution is 0.156. The highest BCUT2D eigenvalue weighted by Gasteiger charge is 2.31. The van der Waals surface area contributed by atoms with Crippen molar-refractivity contribution >= 4 is 0 Å². The van der Waals surface area contributed by atoms with Crippen molar-refractivity contribution < 1.29 is 4.39 Å². The molecule has 0 N–H and O–H groups in total. The smallest absolute Gasteiger partial charge is 0.123 e. The Labute approximate surface area is 141 Å². The van der Waals surface area contributed by atoms with Gasteiger partial charge in [0, 0.05) is 0 Å². The van der Waals surface area contributed by atoms with Crippen molar-refractivity contribution in [3.63, 3.8) is 0 Å². The van der Waals surface area contributed by atoms with Crippen LogP contribution in [0.4, 0.5) is 4.39 Å². The summed E-state index contributed by atoms with van der Waals surface area (Å²) in [6.45, 7) is 2.31. The summed E-state index contributed by atoms with van der Waals surface area (Å²) >= 11 is 0. The monoisotopic (exact) mass is 316 g/mol. The molecule has 128 valence electrons. The fourth-order valence-electron chi connectivity index (χ4n) is 5.13. The highest BCUT2D eigenvalue weighted by molar-refractivity contribution is 5.21. The second-order valence-corrected chi connectivity index (χ2v) is 8.09. The zero-order valence-corrected chi connectivity index (χ0v) is 14.8. The van der Waals surface area contributed by atoms with Crippen LogP contribution < -0.4 is 0 Å². The fraction of sp³-hybridized carbons (Fsp3) is 0.727. The van der Waals surface area contributed by atoms with E-state index in [4.69, 9.17) is 0 Å². The largest absolute Gasteiger partial charge is 0.207 e. The molecule has 3 rings (SSSR count). The van der Waals surface area contributed by atoms with Gasteiger partial charge in [0.1, 0.15) is 5.82 Å². The second-order valence-electron chi connectivity index (χ2n) is 8.09. The molecule has 0 amide bonds. The Morgan fingerprint density at radius 2 is 1.57 bits per heavy atom. The zero-order chi connectivity index (χ0) is 16.1. The molecule has 0 atom stereocenters. The van der Waals surface area contributed by atoms with Crippen LogP contribution >= 0.6 is 0 Å². The Hall–Kier alpha value is -0.850. The van der Waals surface area contributed by atoms with Gasteiger partial charge in [-0.05, 0) is 79.9 Å². The van der Waals surface area contributed by atoms with Crippen LogP contribution in [0.15, 0.2) is 24.3 Å². The zero-order valence-electron chi connectivity index (χ0n) is 14.8. The summed E-state index contributed by atoms with van der Waals surface area (Å²) in [6, 6.07) is 7.30. The highest BCUT2D eigenvalue weighted by atomic mass is 19.1. The van der Waals surface area contributed by atoms with Gasteiger partial charge in [0.15, 0.2) is 0 Å². The van der Waals surface area contributed by atoms with Crippen molar-refractivity contribution in [1.82, 2.24) is 0 Å². The van der Waals surface area contributed by atoms with Crippen LogP contribution in [0.2, 0.25) is 0 Å². The van der Waals surface area contributed by atoms with Crippen molar-refractivity contribution in [1.29, 1.82) is 0 Å². The first-order chi connectivity index (χ1) is 11.3. The van der Waals surface area contributed by atoms with Crippen LogP contribution in [0.3, 0.4) is 0 Å². The van der Waals surface area contributed by atoms with E-state index in [1.54, 1.807) is 12.1 Å². The maximum Gasteiger partial charge on any atom is 0.123 e. The molecule has 0 heterocycles. The Balaban J connectivity index is 1.45. The normalized spacial score (nSPS) is 31.9. The quantitative estimate of drug-likeness (QED) is 0.543. The highest BCUT2D eigenvalue weighted by Crippen LogP contribution is 2.44. The average molecular weight is 317 g/mol. The van der Waals surface area contributed by atoms with E-state index in [-0.39, 0.29) is 5.82 Å².